The normalized spacial score (nSPS) is 14.4. The van der Waals surface area contributed by atoms with Crippen LogP contribution in [-0.2, 0) is 12.1 Å². The van der Waals surface area contributed by atoms with E-state index in [1.165, 1.54) is 0 Å². The molecule has 1 heterocycles. The van der Waals surface area contributed by atoms with Gasteiger partial charge in [0.25, 0.3) is 0 Å². The Morgan fingerprint density at radius 1 is 1.25 bits per heavy atom. The van der Waals surface area contributed by atoms with Crippen molar-refractivity contribution in [1.82, 2.24) is 9.55 Å². The van der Waals surface area contributed by atoms with Crippen molar-refractivity contribution < 1.29 is 14.2 Å². The van der Waals surface area contributed by atoms with E-state index < -0.39 is 11.8 Å². The summed E-state index contributed by atoms with van der Waals surface area (Å²) < 4.78 is 22.2. The molecule has 1 aromatic heterocycles. The van der Waals surface area contributed by atoms with Gasteiger partial charge in [0.05, 0.1) is 12.9 Å². The molecule has 0 amide bonds. The van der Waals surface area contributed by atoms with E-state index in [9.17, 15) is 9.50 Å². The molecule has 3 rings (SSSR count). The fourth-order valence-electron chi connectivity index (χ4n) is 3.31. The lowest BCUT2D eigenvalue weighted by Gasteiger charge is -2.31. The van der Waals surface area contributed by atoms with Gasteiger partial charge in [-0.3, -0.25) is 0 Å². The van der Waals surface area contributed by atoms with Gasteiger partial charge in [0.15, 0.2) is 6.17 Å². The highest BCUT2D eigenvalue weighted by Crippen LogP contribution is 2.37. The van der Waals surface area contributed by atoms with Gasteiger partial charge < -0.3 is 14.4 Å². The Morgan fingerprint density at radius 2 is 2.04 bits per heavy atom. The van der Waals surface area contributed by atoms with Crippen LogP contribution in [0.4, 0.5) is 4.39 Å². The molecule has 0 radical (unpaired) electrons. The summed E-state index contributed by atoms with van der Waals surface area (Å²) >= 11 is 6.20. The smallest absolute Gasteiger partial charge is 0.159 e. The van der Waals surface area contributed by atoms with Crippen molar-refractivity contribution in [2.75, 3.05) is 6.61 Å². The van der Waals surface area contributed by atoms with E-state index in [2.05, 4.69) is 4.98 Å². The first-order valence-corrected chi connectivity index (χ1v) is 9.69. The average Bonchev–Trinajstić information content (AvgIpc) is 3.20. The molecule has 0 saturated heterocycles. The van der Waals surface area contributed by atoms with Crippen LogP contribution >= 0.6 is 11.6 Å². The molecule has 0 aliphatic rings. The molecule has 0 bridgehead atoms. The second-order valence-corrected chi connectivity index (χ2v) is 7.28. The lowest BCUT2D eigenvalue weighted by Crippen LogP contribution is -2.32. The summed E-state index contributed by atoms with van der Waals surface area (Å²) in [6.07, 6.45) is 5.09. The fourth-order valence-corrected chi connectivity index (χ4v) is 3.48. The summed E-state index contributed by atoms with van der Waals surface area (Å²) in [4.78, 5) is 4.04. The molecule has 3 aromatic rings. The number of imidazole rings is 1. The third-order valence-electron chi connectivity index (χ3n) is 4.66. The molecular formula is C22H24ClFN2O2. The molecular weight excluding hydrogens is 379 g/mol. The number of halogens is 2. The summed E-state index contributed by atoms with van der Waals surface area (Å²) in [6, 6.07) is 13.9. The third-order valence-corrected chi connectivity index (χ3v) is 4.89. The topological polar surface area (TPSA) is 47.3 Å². The Morgan fingerprint density at radius 3 is 2.71 bits per heavy atom. The SMILES string of the molecule is CCCC(O)(Cn1ccnc1)c1cc(Cl)ccc1OCC(F)c1ccccc1. The zero-order valence-corrected chi connectivity index (χ0v) is 16.5. The molecule has 2 atom stereocenters. The van der Waals surface area contributed by atoms with Crippen LogP contribution in [0.2, 0.25) is 5.02 Å². The van der Waals surface area contributed by atoms with Gasteiger partial charge in [0, 0.05) is 23.0 Å². The van der Waals surface area contributed by atoms with Crippen molar-refractivity contribution in [3.8, 4) is 5.75 Å². The molecule has 0 aliphatic heterocycles. The first-order valence-electron chi connectivity index (χ1n) is 9.32. The summed E-state index contributed by atoms with van der Waals surface area (Å²) in [6.45, 7) is 2.15. The summed E-state index contributed by atoms with van der Waals surface area (Å²) in [5.74, 6) is 0.430. The second kappa shape index (κ2) is 9.22. The number of hydrogen-bond donors (Lipinski definition) is 1. The molecule has 0 spiro atoms. The Labute approximate surface area is 169 Å². The number of rotatable bonds is 9. The fraction of sp³-hybridized carbons (Fsp3) is 0.318. The summed E-state index contributed by atoms with van der Waals surface area (Å²) in [5, 5.41) is 11.9. The molecule has 148 valence electrons. The van der Waals surface area contributed by atoms with Crippen LogP contribution in [0.25, 0.3) is 0 Å². The Bertz CT molecular complexity index is 874. The van der Waals surface area contributed by atoms with E-state index in [4.69, 9.17) is 16.3 Å². The summed E-state index contributed by atoms with van der Waals surface area (Å²) in [5.41, 5.74) is -0.107. The van der Waals surface area contributed by atoms with Crippen molar-refractivity contribution in [2.45, 2.75) is 38.1 Å². The quantitative estimate of drug-likeness (QED) is 0.527. The van der Waals surface area contributed by atoms with Gasteiger partial charge in [-0.15, -0.1) is 0 Å². The van der Waals surface area contributed by atoms with Crippen LogP contribution in [0.3, 0.4) is 0 Å². The maximum atomic E-state index is 14.6. The number of nitrogens with zero attached hydrogens (tertiary/aromatic N) is 2. The largest absolute Gasteiger partial charge is 0.490 e. The molecule has 1 N–H and O–H groups in total. The third kappa shape index (κ3) is 4.91. The number of aliphatic hydroxyl groups is 1. The highest BCUT2D eigenvalue weighted by Gasteiger charge is 2.32. The predicted octanol–water partition coefficient (Wildman–Crippen LogP) is 5.31. The van der Waals surface area contributed by atoms with Crippen molar-refractivity contribution in [3.63, 3.8) is 0 Å². The minimum atomic E-state index is -1.27. The van der Waals surface area contributed by atoms with Gasteiger partial charge in [-0.05, 0) is 30.2 Å². The number of benzene rings is 2. The monoisotopic (exact) mass is 402 g/mol. The van der Waals surface area contributed by atoms with Crippen LogP contribution in [-0.4, -0.2) is 21.3 Å². The lowest BCUT2D eigenvalue weighted by molar-refractivity contribution is 0.00572. The Hall–Kier alpha value is -2.37. The molecule has 4 nitrogen and oxygen atoms in total. The summed E-state index contributed by atoms with van der Waals surface area (Å²) in [7, 11) is 0. The molecule has 2 unspecified atom stereocenters. The average molecular weight is 403 g/mol. The van der Waals surface area contributed by atoms with Crippen LogP contribution in [0, 0.1) is 0 Å². The maximum absolute atomic E-state index is 14.6. The number of aromatic nitrogens is 2. The highest BCUT2D eigenvalue weighted by atomic mass is 35.5. The Kier molecular flexibility index (Phi) is 6.70. The van der Waals surface area contributed by atoms with E-state index in [1.807, 2.05) is 17.6 Å². The van der Waals surface area contributed by atoms with Crippen molar-refractivity contribution in [1.29, 1.82) is 0 Å². The first-order chi connectivity index (χ1) is 13.5. The van der Waals surface area contributed by atoms with E-state index >= 15 is 0 Å². The molecule has 0 aliphatic carbocycles. The standard InChI is InChI=1S/C22H24ClFN2O2/c1-2-10-22(27,15-26-12-11-25-16-26)19-13-18(23)8-9-21(19)28-14-20(24)17-6-4-3-5-7-17/h3-9,11-13,16,20,27H,2,10,14-15H2,1H3. The minimum absolute atomic E-state index is 0.147. The van der Waals surface area contributed by atoms with E-state index in [0.717, 1.165) is 6.42 Å². The minimum Gasteiger partial charge on any atom is -0.490 e. The first kappa shape index (κ1) is 20.4. The number of ether oxygens (including phenoxy) is 1. The van der Waals surface area contributed by atoms with Crippen LogP contribution in [0.1, 0.15) is 37.1 Å². The van der Waals surface area contributed by atoms with Crippen molar-refractivity contribution in [2.24, 2.45) is 0 Å². The van der Waals surface area contributed by atoms with Gasteiger partial charge in [-0.1, -0.05) is 55.3 Å². The van der Waals surface area contributed by atoms with Gasteiger partial charge >= 0.3 is 0 Å². The van der Waals surface area contributed by atoms with Gasteiger partial charge in [-0.2, -0.15) is 0 Å². The van der Waals surface area contributed by atoms with Crippen molar-refractivity contribution in [3.05, 3.63) is 83.4 Å². The van der Waals surface area contributed by atoms with E-state index in [-0.39, 0.29) is 6.61 Å². The molecule has 0 saturated carbocycles. The van der Waals surface area contributed by atoms with Crippen LogP contribution < -0.4 is 4.74 Å². The van der Waals surface area contributed by atoms with Gasteiger partial charge in [-0.25, -0.2) is 9.37 Å². The molecule has 6 heteroatoms. The lowest BCUT2D eigenvalue weighted by atomic mass is 9.88. The highest BCUT2D eigenvalue weighted by molar-refractivity contribution is 6.30. The molecule has 28 heavy (non-hydrogen) atoms. The van der Waals surface area contributed by atoms with E-state index in [1.54, 1.807) is 61.2 Å². The predicted molar refractivity (Wildman–Crippen MR) is 108 cm³/mol. The van der Waals surface area contributed by atoms with Crippen molar-refractivity contribution >= 4 is 11.6 Å². The van der Waals surface area contributed by atoms with Gasteiger partial charge in [0.1, 0.15) is 18.0 Å². The van der Waals surface area contributed by atoms with Crippen LogP contribution in [0.15, 0.2) is 67.3 Å². The zero-order chi connectivity index (χ0) is 20.0. The van der Waals surface area contributed by atoms with Gasteiger partial charge in [0.2, 0.25) is 0 Å². The number of alkyl halides is 1. The second-order valence-electron chi connectivity index (χ2n) is 6.85. The molecule has 0 fully saturated rings. The zero-order valence-electron chi connectivity index (χ0n) is 15.8. The Balaban J connectivity index is 1.86. The number of hydrogen-bond acceptors (Lipinski definition) is 3. The maximum Gasteiger partial charge on any atom is 0.159 e. The van der Waals surface area contributed by atoms with Crippen LogP contribution in [0.5, 0.6) is 5.75 Å². The molecule has 2 aromatic carbocycles. The van der Waals surface area contributed by atoms with E-state index in [0.29, 0.717) is 34.9 Å².